The van der Waals surface area contributed by atoms with Crippen LogP contribution in [0.5, 0.6) is 0 Å². The maximum Gasteiger partial charge on any atom is 0.236 e. The van der Waals surface area contributed by atoms with Crippen LogP contribution in [0, 0.1) is 6.92 Å². The van der Waals surface area contributed by atoms with Crippen LogP contribution in [0.15, 0.2) is 36.7 Å². The molecule has 26 heavy (non-hydrogen) atoms. The van der Waals surface area contributed by atoms with Crippen molar-refractivity contribution in [3.8, 4) is 5.69 Å². The van der Waals surface area contributed by atoms with E-state index in [2.05, 4.69) is 50.5 Å². The molecule has 1 fully saturated rings. The van der Waals surface area contributed by atoms with E-state index in [4.69, 9.17) is 0 Å². The van der Waals surface area contributed by atoms with E-state index < -0.39 is 0 Å². The highest BCUT2D eigenvalue weighted by Crippen LogP contribution is 2.20. The van der Waals surface area contributed by atoms with Crippen LogP contribution in [0.25, 0.3) is 5.69 Å². The van der Waals surface area contributed by atoms with Crippen molar-refractivity contribution in [1.82, 2.24) is 19.4 Å². The number of hydrogen-bond donors (Lipinski definition) is 0. The molecule has 6 heteroatoms. The van der Waals surface area contributed by atoms with Gasteiger partial charge in [-0.2, -0.15) is 0 Å². The lowest BCUT2D eigenvalue weighted by atomic mass is 10.2. The fourth-order valence-corrected chi connectivity index (χ4v) is 3.41. The van der Waals surface area contributed by atoms with Gasteiger partial charge in [0.05, 0.1) is 6.54 Å². The number of likely N-dealkylation sites (N-methyl/N-ethyl adjacent to an activating group) is 1. The molecule has 0 atom stereocenters. The normalized spacial score (nSPS) is 15.3. The van der Waals surface area contributed by atoms with Crippen molar-refractivity contribution in [2.24, 2.45) is 0 Å². The summed E-state index contributed by atoms with van der Waals surface area (Å²) in [5.41, 5.74) is 2.38. The zero-order valence-electron chi connectivity index (χ0n) is 16.1. The lowest BCUT2D eigenvalue weighted by Gasteiger charge is -2.35. The lowest BCUT2D eigenvalue weighted by molar-refractivity contribution is -0.132. The number of hydrogen-bond acceptors (Lipinski definition) is 4. The Hall–Kier alpha value is -2.34. The summed E-state index contributed by atoms with van der Waals surface area (Å²) in [5, 5.41) is 0. The second-order valence-corrected chi connectivity index (χ2v) is 6.76. The first-order valence-electron chi connectivity index (χ1n) is 9.47. The number of rotatable bonds is 6. The van der Waals surface area contributed by atoms with Crippen LogP contribution in [0.4, 0.5) is 5.95 Å². The molecule has 0 N–H and O–H groups in total. The van der Waals surface area contributed by atoms with E-state index in [0.717, 1.165) is 50.9 Å². The van der Waals surface area contributed by atoms with Gasteiger partial charge in [-0.05, 0) is 32.9 Å². The molecule has 1 saturated heterocycles. The molecule has 0 aliphatic carbocycles. The number of amides is 1. The van der Waals surface area contributed by atoms with Crippen LogP contribution in [-0.4, -0.2) is 71.1 Å². The molecule has 1 aliphatic heterocycles. The van der Waals surface area contributed by atoms with Gasteiger partial charge < -0.3 is 9.80 Å². The number of benzene rings is 1. The third-order valence-corrected chi connectivity index (χ3v) is 5.06. The Morgan fingerprint density at radius 2 is 1.73 bits per heavy atom. The highest BCUT2D eigenvalue weighted by atomic mass is 16.2. The van der Waals surface area contributed by atoms with Gasteiger partial charge in [-0.25, -0.2) is 4.98 Å². The largest absolute Gasteiger partial charge is 0.342 e. The monoisotopic (exact) mass is 355 g/mol. The summed E-state index contributed by atoms with van der Waals surface area (Å²) in [6.07, 6.45) is 3.86. The van der Waals surface area contributed by atoms with Gasteiger partial charge in [0.1, 0.15) is 0 Å². The summed E-state index contributed by atoms with van der Waals surface area (Å²) in [5.74, 6) is 1.20. The van der Waals surface area contributed by atoms with E-state index in [1.807, 2.05) is 31.1 Å². The van der Waals surface area contributed by atoms with E-state index in [0.29, 0.717) is 6.54 Å². The van der Waals surface area contributed by atoms with Crippen LogP contribution in [0.3, 0.4) is 0 Å². The Balaban J connectivity index is 1.62. The number of piperazine rings is 1. The number of carbonyl (C=O) groups excluding carboxylic acids is 1. The summed E-state index contributed by atoms with van der Waals surface area (Å²) in [6.45, 7) is 11.8. The van der Waals surface area contributed by atoms with E-state index >= 15 is 0 Å². The number of imidazole rings is 1. The third-order valence-electron chi connectivity index (χ3n) is 5.06. The highest BCUT2D eigenvalue weighted by Gasteiger charge is 2.23. The Labute approximate surface area is 156 Å². The van der Waals surface area contributed by atoms with Gasteiger partial charge in [0, 0.05) is 57.3 Å². The molecular weight excluding hydrogens is 326 g/mol. The average Bonchev–Trinajstić information content (AvgIpc) is 3.14. The lowest BCUT2D eigenvalue weighted by Crippen LogP contribution is -2.50. The number of carbonyl (C=O) groups is 1. The van der Waals surface area contributed by atoms with Crippen molar-refractivity contribution in [3.05, 3.63) is 42.2 Å². The smallest absolute Gasteiger partial charge is 0.236 e. The standard InChI is InChI=1S/C20H29N5O/c1-4-23(5-2)19(26)16-22-12-14-24(15-13-22)20-21-10-11-25(20)18-8-6-17(3)7-9-18/h6-11H,4-5,12-16H2,1-3H3. The molecule has 1 aromatic carbocycles. The van der Waals surface area contributed by atoms with Gasteiger partial charge in [0.25, 0.3) is 0 Å². The maximum atomic E-state index is 12.3. The minimum atomic E-state index is 0.226. The van der Waals surface area contributed by atoms with Gasteiger partial charge in [0.2, 0.25) is 11.9 Å². The second kappa shape index (κ2) is 8.36. The molecule has 0 spiro atoms. The Kier molecular flexibility index (Phi) is 5.93. The van der Waals surface area contributed by atoms with E-state index in [-0.39, 0.29) is 5.91 Å². The van der Waals surface area contributed by atoms with Gasteiger partial charge in [-0.3, -0.25) is 14.3 Å². The van der Waals surface area contributed by atoms with Gasteiger partial charge >= 0.3 is 0 Å². The number of aromatic nitrogens is 2. The molecule has 0 unspecified atom stereocenters. The van der Waals surface area contributed by atoms with Crippen molar-refractivity contribution >= 4 is 11.9 Å². The molecular formula is C20H29N5O. The number of anilines is 1. The van der Waals surface area contributed by atoms with Crippen molar-refractivity contribution in [1.29, 1.82) is 0 Å². The van der Waals surface area contributed by atoms with E-state index in [1.165, 1.54) is 5.56 Å². The molecule has 3 rings (SSSR count). The van der Waals surface area contributed by atoms with Crippen LogP contribution in [-0.2, 0) is 4.79 Å². The molecule has 2 heterocycles. The van der Waals surface area contributed by atoms with Crippen LogP contribution in [0.2, 0.25) is 0 Å². The molecule has 0 bridgehead atoms. The van der Waals surface area contributed by atoms with Gasteiger partial charge in [0.15, 0.2) is 0 Å². The topological polar surface area (TPSA) is 44.6 Å². The minimum Gasteiger partial charge on any atom is -0.342 e. The molecule has 1 aromatic heterocycles. The average molecular weight is 355 g/mol. The first kappa shape index (κ1) is 18.5. The van der Waals surface area contributed by atoms with Crippen molar-refractivity contribution in [2.75, 3.05) is 50.7 Å². The fraction of sp³-hybridized carbons (Fsp3) is 0.500. The Bertz CT molecular complexity index is 712. The fourth-order valence-electron chi connectivity index (χ4n) is 3.41. The zero-order valence-corrected chi connectivity index (χ0v) is 16.1. The molecule has 0 radical (unpaired) electrons. The molecule has 140 valence electrons. The Morgan fingerprint density at radius 1 is 1.08 bits per heavy atom. The minimum absolute atomic E-state index is 0.226. The quantitative estimate of drug-likeness (QED) is 0.797. The maximum absolute atomic E-state index is 12.3. The zero-order chi connectivity index (χ0) is 18.5. The summed E-state index contributed by atoms with van der Waals surface area (Å²) in [7, 11) is 0. The first-order valence-corrected chi connectivity index (χ1v) is 9.47. The number of nitrogens with zero attached hydrogens (tertiary/aromatic N) is 5. The molecule has 6 nitrogen and oxygen atoms in total. The third kappa shape index (κ3) is 4.07. The first-order chi connectivity index (χ1) is 12.6. The molecule has 1 amide bonds. The highest BCUT2D eigenvalue weighted by molar-refractivity contribution is 5.78. The SMILES string of the molecule is CCN(CC)C(=O)CN1CCN(c2nccn2-c2ccc(C)cc2)CC1. The van der Waals surface area contributed by atoms with Crippen LogP contribution < -0.4 is 4.90 Å². The molecule has 2 aromatic rings. The molecule has 1 aliphatic rings. The molecule has 0 saturated carbocycles. The summed E-state index contributed by atoms with van der Waals surface area (Å²) in [4.78, 5) is 23.3. The second-order valence-electron chi connectivity index (χ2n) is 6.76. The summed E-state index contributed by atoms with van der Waals surface area (Å²) >= 11 is 0. The van der Waals surface area contributed by atoms with Crippen LogP contribution in [0.1, 0.15) is 19.4 Å². The van der Waals surface area contributed by atoms with Crippen LogP contribution >= 0.6 is 0 Å². The summed E-state index contributed by atoms with van der Waals surface area (Å²) in [6, 6.07) is 8.49. The van der Waals surface area contributed by atoms with Crippen molar-refractivity contribution in [3.63, 3.8) is 0 Å². The van der Waals surface area contributed by atoms with Crippen molar-refractivity contribution < 1.29 is 4.79 Å². The van der Waals surface area contributed by atoms with E-state index in [1.54, 1.807) is 0 Å². The van der Waals surface area contributed by atoms with Crippen molar-refractivity contribution in [2.45, 2.75) is 20.8 Å². The van der Waals surface area contributed by atoms with Gasteiger partial charge in [-0.1, -0.05) is 17.7 Å². The van der Waals surface area contributed by atoms with Gasteiger partial charge in [-0.15, -0.1) is 0 Å². The summed E-state index contributed by atoms with van der Waals surface area (Å²) < 4.78 is 2.14. The predicted octanol–water partition coefficient (Wildman–Crippen LogP) is 2.17. The number of aryl methyl sites for hydroxylation is 1. The Morgan fingerprint density at radius 3 is 2.35 bits per heavy atom. The van der Waals surface area contributed by atoms with E-state index in [9.17, 15) is 4.79 Å². The predicted molar refractivity (Wildman–Crippen MR) is 105 cm³/mol.